The number of fused-ring (bicyclic) bond motifs is 1. The Kier molecular flexibility index (Phi) is 4.66. The molecule has 0 unspecified atom stereocenters. The van der Waals surface area contributed by atoms with Gasteiger partial charge in [0.15, 0.2) is 5.82 Å². The minimum atomic E-state index is -0.171. The molecule has 4 aromatic rings. The molecular formula is C21H22N6OS. The fourth-order valence-electron chi connectivity index (χ4n) is 3.08. The van der Waals surface area contributed by atoms with E-state index in [0.29, 0.717) is 16.4 Å². The van der Waals surface area contributed by atoms with Gasteiger partial charge in [0.05, 0.1) is 22.5 Å². The molecule has 0 saturated carbocycles. The zero-order valence-electron chi connectivity index (χ0n) is 17.0. The Morgan fingerprint density at radius 3 is 2.59 bits per heavy atom. The van der Waals surface area contributed by atoms with Crippen LogP contribution in [0.4, 0.5) is 5.69 Å². The van der Waals surface area contributed by atoms with Crippen molar-refractivity contribution in [3.63, 3.8) is 0 Å². The summed E-state index contributed by atoms with van der Waals surface area (Å²) in [5.41, 5.74) is 2.28. The maximum atomic E-state index is 12.9. The topological polar surface area (TPSA) is 85.6 Å². The second kappa shape index (κ2) is 7.04. The van der Waals surface area contributed by atoms with Crippen molar-refractivity contribution in [1.82, 2.24) is 24.7 Å². The number of pyridine rings is 1. The number of nitrogens with one attached hydrogen (secondary N) is 1. The van der Waals surface area contributed by atoms with Crippen LogP contribution in [0.1, 0.15) is 47.5 Å². The van der Waals surface area contributed by atoms with Gasteiger partial charge in [0.2, 0.25) is 0 Å². The van der Waals surface area contributed by atoms with Crippen molar-refractivity contribution in [3.05, 3.63) is 58.7 Å². The van der Waals surface area contributed by atoms with Gasteiger partial charge in [-0.3, -0.25) is 4.79 Å². The van der Waals surface area contributed by atoms with Crippen molar-refractivity contribution in [2.24, 2.45) is 0 Å². The summed E-state index contributed by atoms with van der Waals surface area (Å²) in [5.74, 6) is 1.30. The maximum absolute atomic E-state index is 12.9. The maximum Gasteiger partial charge on any atom is 0.266 e. The van der Waals surface area contributed by atoms with Crippen LogP contribution in [0.25, 0.3) is 16.0 Å². The van der Waals surface area contributed by atoms with E-state index in [1.54, 1.807) is 17.1 Å². The second-order valence-electron chi connectivity index (χ2n) is 7.93. The van der Waals surface area contributed by atoms with Crippen molar-refractivity contribution in [2.75, 3.05) is 5.32 Å². The van der Waals surface area contributed by atoms with Crippen LogP contribution >= 0.6 is 11.3 Å². The predicted molar refractivity (Wildman–Crippen MR) is 115 cm³/mol. The molecule has 1 N–H and O–H groups in total. The van der Waals surface area contributed by atoms with E-state index in [-0.39, 0.29) is 11.3 Å². The Morgan fingerprint density at radius 1 is 1.17 bits per heavy atom. The lowest BCUT2D eigenvalue weighted by Crippen LogP contribution is -2.16. The van der Waals surface area contributed by atoms with Crippen LogP contribution in [0.5, 0.6) is 0 Å². The van der Waals surface area contributed by atoms with Gasteiger partial charge >= 0.3 is 0 Å². The Bertz CT molecular complexity index is 1190. The third kappa shape index (κ3) is 3.63. The molecule has 0 aliphatic rings. The molecule has 0 aromatic carbocycles. The fraction of sp³-hybridized carbons (Fsp3) is 0.286. The highest BCUT2D eigenvalue weighted by Gasteiger charge is 2.23. The molecule has 0 aliphatic carbocycles. The van der Waals surface area contributed by atoms with Crippen LogP contribution < -0.4 is 5.32 Å². The predicted octanol–water partition coefficient (Wildman–Crippen LogP) is 4.44. The monoisotopic (exact) mass is 406 g/mol. The standard InChI is InChI=1S/C21H22N6OS/c1-12-16-13(2)24-20(21(3,4)5)26-19(16)29-17(12)18(28)25-14-7-8-15(22-11-14)27-10-6-9-23-27/h6-11H,1-5H3,(H,25,28). The molecule has 0 bridgehead atoms. The summed E-state index contributed by atoms with van der Waals surface area (Å²) in [6.45, 7) is 10.2. The molecule has 0 spiro atoms. The van der Waals surface area contributed by atoms with E-state index in [2.05, 4.69) is 41.2 Å². The number of aryl methyl sites for hydroxylation is 2. The summed E-state index contributed by atoms with van der Waals surface area (Å²) in [6.07, 6.45) is 5.13. The summed E-state index contributed by atoms with van der Waals surface area (Å²) in [5, 5.41) is 8.04. The quantitative estimate of drug-likeness (QED) is 0.544. The first-order valence-corrected chi connectivity index (χ1v) is 10.1. The average Bonchev–Trinajstić information content (AvgIpc) is 3.30. The third-order valence-corrected chi connectivity index (χ3v) is 5.78. The highest BCUT2D eigenvalue weighted by Crippen LogP contribution is 2.33. The molecule has 7 nitrogen and oxygen atoms in total. The summed E-state index contributed by atoms with van der Waals surface area (Å²) in [7, 11) is 0. The van der Waals surface area contributed by atoms with Crippen LogP contribution in [-0.2, 0) is 5.41 Å². The minimum absolute atomic E-state index is 0.152. The molecule has 0 fully saturated rings. The van der Waals surface area contributed by atoms with Crippen molar-refractivity contribution < 1.29 is 4.79 Å². The lowest BCUT2D eigenvalue weighted by atomic mass is 9.95. The number of carbonyl (C=O) groups excluding carboxylic acids is 1. The number of thiophene rings is 1. The smallest absolute Gasteiger partial charge is 0.266 e. The highest BCUT2D eigenvalue weighted by atomic mass is 32.1. The molecule has 0 atom stereocenters. The third-order valence-electron chi connectivity index (χ3n) is 4.59. The van der Waals surface area contributed by atoms with Gasteiger partial charge in [-0.05, 0) is 37.6 Å². The first-order valence-electron chi connectivity index (χ1n) is 9.29. The van der Waals surface area contributed by atoms with Crippen molar-refractivity contribution in [2.45, 2.75) is 40.0 Å². The molecule has 4 rings (SSSR count). The Balaban J connectivity index is 1.63. The first kappa shape index (κ1) is 19.2. The molecule has 0 saturated heterocycles. The number of aromatic nitrogens is 5. The Labute approximate surface area is 172 Å². The molecule has 1 amide bonds. The zero-order chi connectivity index (χ0) is 20.8. The van der Waals surface area contributed by atoms with Crippen LogP contribution in [0.15, 0.2) is 36.8 Å². The lowest BCUT2D eigenvalue weighted by molar-refractivity contribution is 0.103. The largest absolute Gasteiger partial charge is 0.320 e. The number of hydrogen-bond donors (Lipinski definition) is 1. The van der Waals surface area contributed by atoms with E-state index < -0.39 is 0 Å². The molecule has 148 valence electrons. The van der Waals surface area contributed by atoms with Gasteiger partial charge in [-0.2, -0.15) is 5.10 Å². The number of amides is 1. The average molecular weight is 407 g/mol. The van der Waals surface area contributed by atoms with Crippen LogP contribution in [0, 0.1) is 13.8 Å². The van der Waals surface area contributed by atoms with E-state index in [1.165, 1.54) is 11.3 Å². The van der Waals surface area contributed by atoms with E-state index >= 15 is 0 Å². The molecule has 8 heteroatoms. The normalized spacial score (nSPS) is 11.8. The zero-order valence-corrected chi connectivity index (χ0v) is 17.8. The number of anilines is 1. The number of nitrogens with zero attached hydrogens (tertiary/aromatic N) is 5. The van der Waals surface area contributed by atoms with E-state index in [9.17, 15) is 4.79 Å². The van der Waals surface area contributed by atoms with Crippen LogP contribution in [0.2, 0.25) is 0 Å². The molecule has 0 radical (unpaired) electrons. The van der Waals surface area contributed by atoms with Gasteiger partial charge in [0, 0.05) is 23.2 Å². The molecular weight excluding hydrogens is 384 g/mol. The summed E-state index contributed by atoms with van der Waals surface area (Å²) in [6, 6.07) is 5.45. The Hall–Kier alpha value is -3.13. The van der Waals surface area contributed by atoms with Gasteiger partial charge < -0.3 is 5.32 Å². The molecule has 4 heterocycles. The summed E-state index contributed by atoms with van der Waals surface area (Å²) >= 11 is 1.40. The van der Waals surface area contributed by atoms with E-state index in [1.807, 2.05) is 38.2 Å². The van der Waals surface area contributed by atoms with Gasteiger partial charge in [0.1, 0.15) is 10.7 Å². The minimum Gasteiger partial charge on any atom is -0.320 e. The molecule has 0 aliphatic heterocycles. The van der Waals surface area contributed by atoms with Crippen LogP contribution in [-0.4, -0.2) is 30.6 Å². The molecule has 29 heavy (non-hydrogen) atoms. The number of hydrogen-bond acceptors (Lipinski definition) is 6. The van der Waals surface area contributed by atoms with Crippen LogP contribution in [0.3, 0.4) is 0 Å². The molecule has 4 aromatic heterocycles. The first-order chi connectivity index (χ1) is 13.7. The number of rotatable bonds is 3. The van der Waals surface area contributed by atoms with Crippen molar-refractivity contribution >= 4 is 33.1 Å². The Morgan fingerprint density at radius 2 is 1.97 bits per heavy atom. The fourth-order valence-corrected chi connectivity index (χ4v) is 4.21. The van der Waals surface area contributed by atoms with Gasteiger partial charge in [-0.1, -0.05) is 20.8 Å². The van der Waals surface area contributed by atoms with Gasteiger partial charge in [0.25, 0.3) is 5.91 Å². The van der Waals surface area contributed by atoms with E-state index in [4.69, 9.17) is 4.98 Å². The second-order valence-corrected chi connectivity index (χ2v) is 8.93. The van der Waals surface area contributed by atoms with Crippen molar-refractivity contribution in [3.8, 4) is 5.82 Å². The summed E-state index contributed by atoms with van der Waals surface area (Å²) in [4.78, 5) is 28.1. The van der Waals surface area contributed by atoms with Gasteiger partial charge in [-0.15, -0.1) is 11.3 Å². The van der Waals surface area contributed by atoms with E-state index in [0.717, 1.165) is 27.3 Å². The number of carbonyl (C=O) groups is 1. The lowest BCUT2D eigenvalue weighted by Gasteiger charge is -2.16. The SMILES string of the molecule is Cc1nc(C(C)(C)C)nc2sc(C(=O)Nc3ccc(-n4cccn4)nc3)c(C)c12. The summed E-state index contributed by atoms with van der Waals surface area (Å²) < 4.78 is 1.66. The van der Waals surface area contributed by atoms with Crippen molar-refractivity contribution in [1.29, 1.82) is 0 Å². The highest BCUT2D eigenvalue weighted by molar-refractivity contribution is 7.20. The van der Waals surface area contributed by atoms with Gasteiger partial charge in [-0.25, -0.2) is 19.6 Å².